The Balaban J connectivity index is 1.27. The second-order valence-corrected chi connectivity index (χ2v) is 9.45. The molecule has 0 N–H and O–H groups in total. The lowest BCUT2D eigenvalue weighted by Gasteiger charge is -2.34. The van der Waals surface area contributed by atoms with Crippen molar-refractivity contribution in [2.45, 2.75) is 20.1 Å². The number of carbonyl (C=O) groups is 1. The van der Waals surface area contributed by atoms with E-state index < -0.39 is 0 Å². The van der Waals surface area contributed by atoms with Gasteiger partial charge in [-0.1, -0.05) is 45.8 Å². The third kappa shape index (κ3) is 5.50. The first-order chi connectivity index (χ1) is 14.6. The average Bonchev–Trinajstić information content (AvgIpc) is 3.22. The van der Waals surface area contributed by atoms with E-state index in [-0.39, 0.29) is 5.91 Å². The molecule has 4 rings (SSSR count). The molecular weight excluding hydrogens is 460 g/mol. The van der Waals surface area contributed by atoms with Crippen molar-refractivity contribution < 1.29 is 9.53 Å². The second-order valence-electron chi connectivity index (χ2n) is 7.62. The van der Waals surface area contributed by atoms with Crippen LogP contribution >= 0.6 is 27.3 Å². The van der Waals surface area contributed by atoms with E-state index in [2.05, 4.69) is 46.0 Å². The molecule has 0 radical (unpaired) electrons. The molecule has 1 aliphatic heterocycles. The van der Waals surface area contributed by atoms with Crippen LogP contribution in [0.5, 0.6) is 5.75 Å². The number of aryl methyl sites for hydroxylation is 1. The fourth-order valence-corrected chi connectivity index (χ4v) is 4.83. The summed E-state index contributed by atoms with van der Waals surface area (Å²) in [4.78, 5) is 18.1. The van der Waals surface area contributed by atoms with Gasteiger partial charge < -0.3 is 9.64 Å². The summed E-state index contributed by atoms with van der Waals surface area (Å²) < 4.78 is 6.94. The normalized spacial score (nSPS) is 14.7. The van der Waals surface area contributed by atoms with Crippen molar-refractivity contribution in [3.63, 3.8) is 0 Å². The molecule has 6 heteroatoms. The maximum Gasteiger partial charge on any atom is 0.264 e. The Morgan fingerprint density at radius 2 is 1.80 bits per heavy atom. The highest BCUT2D eigenvalue weighted by Gasteiger charge is 2.23. The molecule has 0 atom stereocenters. The highest BCUT2D eigenvalue weighted by atomic mass is 79.9. The SMILES string of the molecule is Cc1ccc(OCc2csc(C(=O)N3CCN(Cc4cccc(Br)c4)CC3)c2)cc1. The average molecular weight is 485 g/mol. The number of benzene rings is 2. The molecule has 1 amide bonds. The van der Waals surface area contributed by atoms with Gasteiger partial charge in [0.2, 0.25) is 0 Å². The summed E-state index contributed by atoms with van der Waals surface area (Å²) in [5, 5.41) is 2.02. The summed E-state index contributed by atoms with van der Waals surface area (Å²) in [5.41, 5.74) is 3.54. The van der Waals surface area contributed by atoms with Crippen LogP contribution in [0.2, 0.25) is 0 Å². The van der Waals surface area contributed by atoms with Crippen LogP contribution in [-0.4, -0.2) is 41.9 Å². The van der Waals surface area contributed by atoms with Crippen molar-refractivity contribution in [2.75, 3.05) is 26.2 Å². The molecule has 1 aliphatic rings. The minimum Gasteiger partial charge on any atom is -0.489 e. The fraction of sp³-hybridized carbons (Fsp3) is 0.292. The lowest BCUT2D eigenvalue weighted by Crippen LogP contribution is -2.48. The molecule has 0 unspecified atom stereocenters. The standard InChI is InChI=1S/C24H25BrN2O2S/c1-18-5-7-22(8-6-18)29-16-20-14-23(30-17-20)24(28)27-11-9-26(10-12-27)15-19-3-2-4-21(25)13-19/h2-8,13-14,17H,9-12,15-16H2,1H3. The minimum absolute atomic E-state index is 0.128. The van der Waals surface area contributed by atoms with Crippen molar-refractivity contribution in [1.82, 2.24) is 9.80 Å². The Hall–Kier alpha value is -2.15. The monoisotopic (exact) mass is 484 g/mol. The van der Waals surface area contributed by atoms with Crippen LogP contribution in [-0.2, 0) is 13.2 Å². The molecular formula is C24H25BrN2O2S. The van der Waals surface area contributed by atoms with E-state index in [1.807, 2.05) is 46.7 Å². The van der Waals surface area contributed by atoms with Gasteiger partial charge in [0.1, 0.15) is 12.4 Å². The second kappa shape index (κ2) is 9.77. The topological polar surface area (TPSA) is 32.8 Å². The van der Waals surface area contributed by atoms with Gasteiger partial charge in [-0.05, 0) is 48.2 Å². The summed E-state index contributed by atoms with van der Waals surface area (Å²) in [6.45, 7) is 6.77. The van der Waals surface area contributed by atoms with Crippen molar-refractivity contribution >= 4 is 33.2 Å². The highest BCUT2D eigenvalue weighted by molar-refractivity contribution is 9.10. The largest absolute Gasteiger partial charge is 0.489 e. The van der Waals surface area contributed by atoms with E-state index in [9.17, 15) is 4.79 Å². The summed E-state index contributed by atoms with van der Waals surface area (Å²) in [5.74, 6) is 0.977. The molecule has 1 saturated heterocycles. The molecule has 0 saturated carbocycles. The molecule has 0 bridgehead atoms. The summed E-state index contributed by atoms with van der Waals surface area (Å²) in [6.07, 6.45) is 0. The predicted molar refractivity (Wildman–Crippen MR) is 125 cm³/mol. The third-order valence-electron chi connectivity index (χ3n) is 5.25. The van der Waals surface area contributed by atoms with E-state index >= 15 is 0 Å². The Morgan fingerprint density at radius 1 is 1.03 bits per heavy atom. The van der Waals surface area contributed by atoms with Crippen LogP contribution in [0, 0.1) is 6.92 Å². The van der Waals surface area contributed by atoms with Crippen molar-refractivity contribution in [3.8, 4) is 5.75 Å². The van der Waals surface area contributed by atoms with E-state index in [0.29, 0.717) is 6.61 Å². The molecule has 4 nitrogen and oxygen atoms in total. The Bertz CT molecular complexity index is 994. The van der Waals surface area contributed by atoms with Gasteiger partial charge in [0, 0.05) is 42.8 Å². The fourth-order valence-electron chi connectivity index (χ4n) is 3.52. The number of ether oxygens (including phenoxy) is 1. The van der Waals surface area contributed by atoms with Gasteiger partial charge in [0.15, 0.2) is 0 Å². The molecule has 1 fully saturated rings. The number of rotatable bonds is 6. The van der Waals surface area contributed by atoms with Crippen molar-refractivity contribution in [3.05, 3.63) is 86.0 Å². The van der Waals surface area contributed by atoms with Crippen molar-refractivity contribution in [1.29, 1.82) is 0 Å². The molecule has 30 heavy (non-hydrogen) atoms. The number of hydrogen-bond donors (Lipinski definition) is 0. The van der Waals surface area contributed by atoms with Gasteiger partial charge in [0.05, 0.1) is 4.88 Å². The predicted octanol–water partition coefficient (Wildman–Crippen LogP) is 5.36. The third-order valence-corrected chi connectivity index (χ3v) is 6.71. The summed E-state index contributed by atoms with van der Waals surface area (Å²) in [6, 6.07) is 18.4. The van der Waals surface area contributed by atoms with Crippen LogP contribution in [0.4, 0.5) is 0 Å². The van der Waals surface area contributed by atoms with Crippen LogP contribution in [0.1, 0.15) is 26.4 Å². The number of piperazine rings is 1. The molecule has 0 aliphatic carbocycles. The van der Waals surface area contributed by atoms with Crippen LogP contribution in [0.15, 0.2) is 64.5 Å². The molecule has 156 valence electrons. The zero-order valence-corrected chi connectivity index (χ0v) is 19.4. The molecule has 2 heterocycles. The smallest absolute Gasteiger partial charge is 0.264 e. The van der Waals surface area contributed by atoms with Gasteiger partial charge in [-0.25, -0.2) is 0 Å². The maximum absolute atomic E-state index is 12.9. The van der Waals surface area contributed by atoms with E-state index in [4.69, 9.17) is 4.74 Å². The zero-order valence-electron chi connectivity index (χ0n) is 17.0. The zero-order chi connectivity index (χ0) is 20.9. The number of halogens is 1. The summed E-state index contributed by atoms with van der Waals surface area (Å²) in [7, 11) is 0. The number of nitrogens with zero attached hydrogens (tertiary/aromatic N) is 2. The first-order valence-electron chi connectivity index (χ1n) is 10.1. The van der Waals surface area contributed by atoms with Gasteiger partial charge in [-0.15, -0.1) is 11.3 Å². The Labute approximate surface area is 190 Å². The number of amides is 1. The first-order valence-corrected chi connectivity index (χ1v) is 11.8. The molecule has 2 aromatic carbocycles. The molecule has 1 aromatic heterocycles. The highest BCUT2D eigenvalue weighted by Crippen LogP contribution is 2.21. The molecule has 0 spiro atoms. The van der Waals surface area contributed by atoms with Crippen molar-refractivity contribution in [2.24, 2.45) is 0 Å². The first kappa shape index (κ1) is 21.1. The Kier molecular flexibility index (Phi) is 6.87. The van der Waals surface area contributed by atoms with Crippen LogP contribution in [0.3, 0.4) is 0 Å². The van der Waals surface area contributed by atoms with E-state index in [1.165, 1.54) is 22.5 Å². The summed E-state index contributed by atoms with van der Waals surface area (Å²) >= 11 is 5.04. The van der Waals surface area contributed by atoms with Gasteiger partial charge in [-0.2, -0.15) is 0 Å². The minimum atomic E-state index is 0.128. The number of hydrogen-bond acceptors (Lipinski definition) is 4. The number of thiophene rings is 1. The number of carbonyl (C=O) groups excluding carboxylic acids is 1. The van der Waals surface area contributed by atoms with E-state index in [0.717, 1.165) is 53.4 Å². The maximum atomic E-state index is 12.9. The Morgan fingerprint density at radius 3 is 2.53 bits per heavy atom. The van der Waals surface area contributed by atoms with Gasteiger partial charge in [0.25, 0.3) is 5.91 Å². The lowest BCUT2D eigenvalue weighted by atomic mass is 10.2. The van der Waals surface area contributed by atoms with Crippen LogP contribution in [0.25, 0.3) is 0 Å². The van der Waals surface area contributed by atoms with Gasteiger partial charge in [-0.3, -0.25) is 9.69 Å². The molecule has 3 aromatic rings. The van der Waals surface area contributed by atoms with Crippen LogP contribution < -0.4 is 4.74 Å². The van der Waals surface area contributed by atoms with Gasteiger partial charge >= 0.3 is 0 Å². The quantitative estimate of drug-likeness (QED) is 0.472. The van der Waals surface area contributed by atoms with E-state index in [1.54, 1.807) is 0 Å². The lowest BCUT2D eigenvalue weighted by molar-refractivity contribution is 0.0633.